The van der Waals surface area contributed by atoms with Crippen LogP contribution >= 0.6 is 11.6 Å². The Hall–Kier alpha value is -3.04. The van der Waals surface area contributed by atoms with E-state index in [1.54, 1.807) is 0 Å². The number of nitrogens with two attached hydrogens (primary N) is 1. The van der Waals surface area contributed by atoms with E-state index < -0.39 is 5.92 Å². The molecule has 1 aliphatic carbocycles. The van der Waals surface area contributed by atoms with Gasteiger partial charge in [0.15, 0.2) is 5.78 Å². The Balaban J connectivity index is 1.93. The number of ether oxygens (including phenoxy) is 2. The third kappa shape index (κ3) is 2.98. The molecule has 2 aromatic rings. The van der Waals surface area contributed by atoms with Crippen LogP contribution in [0.2, 0.25) is 5.15 Å². The van der Waals surface area contributed by atoms with Gasteiger partial charge >= 0.3 is 0 Å². The Morgan fingerprint density at radius 3 is 2.96 bits per heavy atom. The third-order valence-electron chi connectivity index (χ3n) is 4.99. The van der Waals surface area contributed by atoms with E-state index in [9.17, 15) is 10.1 Å². The lowest BCUT2D eigenvalue weighted by atomic mass is 9.78. The van der Waals surface area contributed by atoms with Crippen molar-refractivity contribution < 1.29 is 14.3 Å². The first kappa shape index (κ1) is 18.3. The zero-order valence-corrected chi connectivity index (χ0v) is 16.0. The molecule has 0 bridgehead atoms. The second-order valence-electron chi connectivity index (χ2n) is 6.69. The van der Waals surface area contributed by atoms with Gasteiger partial charge in [-0.15, -0.1) is 0 Å². The minimum atomic E-state index is -0.679. The van der Waals surface area contributed by atoms with Crippen molar-refractivity contribution >= 4 is 28.3 Å². The molecule has 2 heterocycles. The molecule has 1 aliphatic heterocycles. The molecule has 0 saturated heterocycles. The highest BCUT2D eigenvalue weighted by atomic mass is 35.5. The Morgan fingerprint density at radius 1 is 1.39 bits per heavy atom. The van der Waals surface area contributed by atoms with Gasteiger partial charge in [0.25, 0.3) is 0 Å². The Bertz CT molecular complexity index is 1100. The van der Waals surface area contributed by atoms with Crippen LogP contribution in [0.5, 0.6) is 5.75 Å². The molecule has 1 aromatic heterocycles. The van der Waals surface area contributed by atoms with Gasteiger partial charge in [-0.3, -0.25) is 4.79 Å². The van der Waals surface area contributed by atoms with Crippen LogP contribution in [0.15, 0.2) is 47.1 Å². The molecule has 0 saturated carbocycles. The maximum Gasteiger partial charge on any atom is 0.205 e. The topological polar surface area (TPSA) is 98.2 Å². The number of pyridine rings is 1. The average Bonchev–Trinajstić information content (AvgIpc) is 2.67. The van der Waals surface area contributed by atoms with Gasteiger partial charge in [-0.1, -0.05) is 11.6 Å². The summed E-state index contributed by atoms with van der Waals surface area (Å²) in [6, 6.07) is 9.46. The van der Waals surface area contributed by atoms with Crippen molar-refractivity contribution in [2.24, 2.45) is 5.73 Å². The van der Waals surface area contributed by atoms with Gasteiger partial charge in [0.05, 0.1) is 18.0 Å². The fourth-order valence-electron chi connectivity index (χ4n) is 3.77. The molecule has 7 heteroatoms. The number of fused-ring (bicyclic) bond motifs is 1. The molecule has 1 atom stereocenters. The monoisotopic (exact) mass is 395 g/mol. The lowest BCUT2D eigenvalue weighted by molar-refractivity contribution is -0.116. The Kier molecular flexibility index (Phi) is 4.70. The molecule has 0 amide bonds. The average molecular weight is 396 g/mol. The van der Waals surface area contributed by atoms with Gasteiger partial charge in [0.1, 0.15) is 28.3 Å². The van der Waals surface area contributed by atoms with Crippen molar-refractivity contribution in [2.45, 2.75) is 32.1 Å². The number of rotatable bonds is 3. The molecule has 2 aliphatic rings. The summed E-state index contributed by atoms with van der Waals surface area (Å²) in [5, 5.41) is 10.7. The van der Waals surface area contributed by atoms with E-state index in [1.807, 2.05) is 31.2 Å². The molecule has 28 heavy (non-hydrogen) atoms. The van der Waals surface area contributed by atoms with Crippen LogP contribution in [-0.4, -0.2) is 17.4 Å². The van der Waals surface area contributed by atoms with E-state index in [1.165, 1.54) is 0 Å². The normalized spacial score (nSPS) is 19.3. The second-order valence-corrected chi connectivity index (χ2v) is 7.05. The summed E-state index contributed by atoms with van der Waals surface area (Å²) < 4.78 is 11.2. The van der Waals surface area contributed by atoms with Gasteiger partial charge < -0.3 is 15.2 Å². The maximum absolute atomic E-state index is 12.7. The predicted octanol–water partition coefficient (Wildman–Crippen LogP) is 4.10. The zero-order chi connectivity index (χ0) is 19.8. The Labute approximate surface area is 167 Å². The fourth-order valence-corrected chi connectivity index (χ4v) is 4.03. The van der Waals surface area contributed by atoms with Crippen molar-refractivity contribution in [3.05, 3.63) is 57.8 Å². The summed E-state index contributed by atoms with van der Waals surface area (Å²) >= 11 is 6.50. The lowest BCUT2D eigenvalue weighted by Gasteiger charge is -2.31. The SMILES string of the molecule is CCOc1ccc2nc(Cl)c([C@H]3C(C#N)=C(N)OC4=C3C(=O)CCC4)cc2c1. The van der Waals surface area contributed by atoms with Crippen LogP contribution in [0.3, 0.4) is 0 Å². The number of halogens is 1. The number of nitriles is 1. The lowest BCUT2D eigenvalue weighted by Crippen LogP contribution is -2.27. The molecule has 6 nitrogen and oxygen atoms in total. The van der Waals surface area contributed by atoms with E-state index in [-0.39, 0.29) is 22.4 Å². The van der Waals surface area contributed by atoms with Crippen LogP contribution in [0.25, 0.3) is 10.9 Å². The van der Waals surface area contributed by atoms with Crippen LogP contribution in [0.4, 0.5) is 0 Å². The summed E-state index contributed by atoms with van der Waals surface area (Å²) in [6.45, 7) is 2.45. The van der Waals surface area contributed by atoms with Crippen molar-refractivity contribution in [1.82, 2.24) is 4.98 Å². The number of carbonyl (C=O) groups excluding carboxylic acids is 1. The first-order valence-electron chi connectivity index (χ1n) is 9.10. The number of hydrogen-bond donors (Lipinski definition) is 1. The first-order chi connectivity index (χ1) is 13.5. The van der Waals surface area contributed by atoms with Crippen LogP contribution in [0.1, 0.15) is 37.7 Å². The molecule has 142 valence electrons. The molecule has 0 unspecified atom stereocenters. The molecular formula is C21H18ClN3O3. The smallest absolute Gasteiger partial charge is 0.205 e. The van der Waals surface area contributed by atoms with Gasteiger partial charge in [-0.05, 0) is 37.6 Å². The number of benzene rings is 1. The van der Waals surface area contributed by atoms with Crippen molar-refractivity contribution in [3.8, 4) is 11.8 Å². The van der Waals surface area contributed by atoms with Crippen molar-refractivity contribution in [1.29, 1.82) is 5.26 Å². The summed E-state index contributed by atoms with van der Waals surface area (Å²) in [6.07, 6.45) is 1.70. The third-order valence-corrected chi connectivity index (χ3v) is 5.30. The number of allylic oxidation sites excluding steroid dienone is 3. The number of Topliss-reactive ketones (excluding diaryl/α,β-unsaturated/α-hetero) is 1. The molecule has 4 rings (SSSR count). The van der Waals surface area contributed by atoms with E-state index in [2.05, 4.69) is 11.1 Å². The summed E-state index contributed by atoms with van der Waals surface area (Å²) in [5.74, 6) is 0.519. The largest absolute Gasteiger partial charge is 0.494 e. The summed E-state index contributed by atoms with van der Waals surface area (Å²) in [5.41, 5.74) is 7.90. The minimum Gasteiger partial charge on any atom is -0.494 e. The summed E-state index contributed by atoms with van der Waals surface area (Å²) in [4.78, 5) is 17.2. The van der Waals surface area contributed by atoms with E-state index >= 15 is 0 Å². The first-order valence-corrected chi connectivity index (χ1v) is 9.48. The van der Waals surface area contributed by atoms with Crippen molar-refractivity contribution in [2.75, 3.05) is 6.61 Å². The van der Waals surface area contributed by atoms with Crippen LogP contribution in [-0.2, 0) is 9.53 Å². The number of carbonyl (C=O) groups is 1. The van der Waals surface area contributed by atoms with Crippen LogP contribution in [0, 0.1) is 11.3 Å². The van der Waals surface area contributed by atoms with E-state index in [0.29, 0.717) is 54.0 Å². The highest BCUT2D eigenvalue weighted by Gasteiger charge is 2.39. The molecule has 0 fully saturated rings. The maximum atomic E-state index is 12.7. The summed E-state index contributed by atoms with van der Waals surface area (Å²) in [7, 11) is 0. The molecular weight excluding hydrogens is 378 g/mol. The highest BCUT2D eigenvalue weighted by molar-refractivity contribution is 6.31. The molecule has 0 radical (unpaired) electrons. The Morgan fingerprint density at radius 2 is 2.21 bits per heavy atom. The minimum absolute atomic E-state index is 0.0141. The van der Waals surface area contributed by atoms with Gasteiger partial charge in [0, 0.05) is 29.4 Å². The standard InChI is InChI=1S/C21H18ClN3O3/c1-2-27-12-6-7-15-11(8-12)9-13(20(22)25-15)18-14(10-23)21(24)28-17-5-3-4-16(26)19(17)18/h6-9,18H,2-5,24H2,1H3/t18-/m0/s1. The molecule has 0 spiro atoms. The molecule has 1 aromatic carbocycles. The van der Waals surface area contributed by atoms with Gasteiger partial charge in [-0.2, -0.15) is 5.26 Å². The van der Waals surface area contributed by atoms with Gasteiger partial charge in [-0.25, -0.2) is 4.98 Å². The van der Waals surface area contributed by atoms with Crippen LogP contribution < -0.4 is 10.5 Å². The highest BCUT2D eigenvalue weighted by Crippen LogP contribution is 2.45. The fraction of sp³-hybridized carbons (Fsp3) is 0.286. The van der Waals surface area contributed by atoms with E-state index in [4.69, 9.17) is 26.8 Å². The number of hydrogen-bond acceptors (Lipinski definition) is 6. The van der Waals surface area contributed by atoms with E-state index in [0.717, 1.165) is 5.39 Å². The zero-order valence-electron chi connectivity index (χ0n) is 15.3. The molecule has 2 N–H and O–H groups in total. The number of ketones is 1. The second kappa shape index (κ2) is 7.17. The predicted molar refractivity (Wildman–Crippen MR) is 104 cm³/mol. The van der Waals surface area contributed by atoms with Crippen molar-refractivity contribution in [3.63, 3.8) is 0 Å². The number of nitrogens with zero attached hydrogens (tertiary/aromatic N) is 2. The van der Waals surface area contributed by atoms with Gasteiger partial charge in [0.2, 0.25) is 5.88 Å². The number of aromatic nitrogens is 1. The quantitative estimate of drug-likeness (QED) is 0.785.